The molecule has 5 heteroatoms. The SMILES string of the molecule is Cc1cc2c(cc1/C=N/NC(=O)c1cccs1)[C@H](C)CC(C)(C)N2C. The van der Waals surface area contributed by atoms with Crippen molar-refractivity contribution in [3.63, 3.8) is 0 Å². The molecule has 0 unspecified atom stereocenters. The topological polar surface area (TPSA) is 44.7 Å². The monoisotopic (exact) mass is 355 g/mol. The lowest BCUT2D eigenvalue weighted by Gasteiger charge is -2.45. The molecule has 1 N–H and O–H groups in total. The van der Waals surface area contributed by atoms with Crippen molar-refractivity contribution >= 4 is 29.1 Å². The Bertz CT molecular complexity index is 809. The molecular weight excluding hydrogens is 330 g/mol. The summed E-state index contributed by atoms with van der Waals surface area (Å²) in [5, 5.41) is 6.03. The third-order valence-corrected chi connectivity index (χ3v) is 6.00. The van der Waals surface area contributed by atoms with Crippen LogP contribution in [0.1, 0.15) is 59.5 Å². The Morgan fingerprint density at radius 3 is 2.88 bits per heavy atom. The Labute approximate surface area is 153 Å². The molecule has 1 aromatic carbocycles. The van der Waals surface area contributed by atoms with Crippen molar-refractivity contribution in [1.29, 1.82) is 0 Å². The number of fused-ring (bicyclic) bond motifs is 1. The van der Waals surface area contributed by atoms with Crippen LogP contribution in [-0.2, 0) is 0 Å². The van der Waals surface area contributed by atoms with Gasteiger partial charge in [-0.25, -0.2) is 5.43 Å². The molecule has 132 valence electrons. The zero-order chi connectivity index (χ0) is 18.2. The third kappa shape index (κ3) is 3.47. The van der Waals surface area contributed by atoms with Gasteiger partial charge in [-0.3, -0.25) is 4.79 Å². The van der Waals surface area contributed by atoms with Crippen molar-refractivity contribution in [3.8, 4) is 0 Å². The Balaban J connectivity index is 1.83. The number of hydrogen-bond donors (Lipinski definition) is 1. The van der Waals surface area contributed by atoms with E-state index in [4.69, 9.17) is 0 Å². The van der Waals surface area contributed by atoms with Crippen molar-refractivity contribution < 1.29 is 4.79 Å². The molecule has 0 saturated heterocycles. The predicted molar refractivity (Wildman–Crippen MR) is 106 cm³/mol. The van der Waals surface area contributed by atoms with E-state index in [1.165, 1.54) is 22.6 Å². The molecule has 1 aliphatic heterocycles. The fraction of sp³-hybridized carbons (Fsp3) is 0.400. The first kappa shape index (κ1) is 17.7. The van der Waals surface area contributed by atoms with E-state index in [0.29, 0.717) is 10.8 Å². The van der Waals surface area contributed by atoms with Gasteiger partial charge >= 0.3 is 0 Å². The molecule has 1 amide bonds. The van der Waals surface area contributed by atoms with Gasteiger partial charge in [0, 0.05) is 18.3 Å². The lowest BCUT2D eigenvalue weighted by atomic mass is 9.79. The Morgan fingerprint density at radius 2 is 2.20 bits per heavy atom. The first-order chi connectivity index (χ1) is 11.8. The second kappa shape index (κ2) is 6.64. The average molecular weight is 356 g/mol. The van der Waals surface area contributed by atoms with Gasteiger partial charge in [-0.05, 0) is 73.4 Å². The molecule has 1 aromatic heterocycles. The molecule has 0 saturated carbocycles. The summed E-state index contributed by atoms with van der Waals surface area (Å²) < 4.78 is 0. The highest BCUT2D eigenvalue weighted by Crippen LogP contribution is 2.43. The quantitative estimate of drug-likeness (QED) is 0.649. The summed E-state index contributed by atoms with van der Waals surface area (Å²) in [7, 11) is 2.17. The Hall–Kier alpha value is -2.14. The Kier molecular flexibility index (Phi) is 4.69. The van der Waals surface area contributed by atoms with Crippen LogP contribution < -0.4 is 10.3 Å². The van der Waals surface area contributed by atoms with E-state index >= 15 is 0 Å². The van der Waals surface area contributed by atoms with Gasteiger partial charge in [-0.15, -0.1) is 11.3 Å². The average Bonchev–Trinajstić information content (AvgIpc) is 3.08. The van der Waals surface area contributed by atoms with Gasteiger partial charge in [0.25, 0.3) is 5.91 Å². The number of carbonyl (C=O) groups excluding carboxylic acids is 1. The molecule has 1 aliphatic rings. The molecule has 0 fully saturated rings. The van der Waals surface area contributed by atoms with Gasteiger partial charge in [0.15, 0.2) is 0 Å². The predicted octanol–water partition coefficient (Wildman–Crippen LogP) is 4.54. The maximum atomic E-state index is 12.0. The molecule has 2 heterocycles. The normalized spacial score (nSPS) is 19.1. The number of aryl methyl sites for hydroxylation is 1. The maximum Gasteiger partial charge on any atom is 0.281 e. The van der Waals surface area contributed by atoms with Crippen LogP contribution in [-0.4, -0.2) is 24.7 Å². The number of nitrogens with zero attached hydrogens (tertiary/aromatic N) is 2. The zero-order valence-electron chi connectivity index (χ0n) is 15.5. The van der Waals surface area contributed by atoms with Crippen LogP contribution in [0.15, 0.2) is 34.7 Å². The Morgan fingerprint density at radius 1 is 1.44 bits per heavy atom. The number of carbonyl (C=O) groups is 1. The second-order valence-corrected chi connectivity index (χ2v) is 8.37. The summed E-state index contributed by atoms with van der Waals surface area (Å²) in [6.45, 7) is 8.94. The number of amides is 1. The van der Waals surface area contributed by atoms with Gasteiger partial charge in [-0.2, -0.15) is 5.10 Å². The highest BCUT2D eigenvalue weighted by Gasteiger charge is 2.34. The summed E-state index contributed by atoms with van der Waals surface area (Å²) in [5.74, 6) is 0.325. The van der Waals surface area contributed by atoms with Crippen LogP contribution in [0, 0.1) is 6.92 Å². The number of rotatable bonds is 3. The molecule has 4 nitrogen and oxygen atoms in total. The first-order valence-electron chi connectivity index (χ1n) is 8.55. The largest absolute Gasteiger partial charge is 0.369 e. The van der Waals surface area contributed by atoms with E-state index in [-0.39, 0.29) is 11.4 Å². The number of hydrogen-bond acceptors (Lipinski definition) is 4. The fourth-order valence-electron chi connectivity index (χ4n) is 3.50. The van der Waals surface area contributed by atoms with Crippen molar-refractivity contribution in [2.24, 2.45) is 5.10 Å². The van der Waals surface area contributed by atoms with Crippen LogP contribution >= 0.6 is 11.3 Å². The van der Waals surface area contributed by atoms with Crippen molar-refractivity contribution in [3.05, 3.63) is 51.2 Å². The molecule has 0 aliphatic carbocycles. The minimum absolute atomic E-state index is 0.156. The van der Waals surface area contributed by atoms with E-state index < -0.39 is 0 Å². The fourth-order valence-corrected chi connectivity index (χ4v) is 4.11. The van der Waals surface area contributed by atoms with Gasteiger partial charge in [0.05, 0.1) is 11.1 Å². The minimum Gasteiger partial charge on any atom is -0.369 e. The summed E-state index contributed by atoms with van der Waals surface area (Å²) in [4.78, 5) is 15.0. The highest BCUT2D eigenvalue weighted by molar-refractivity contribution is 7.12. The standard InChI is InChI=1S/C20H25N3OS/c1-13-9-17-16(14(2)11-20(3,4)23(17)5)10-15(13)12-21-22-19(24)18-7-6-8-25-18/h6-10,12,14H,11H2,1-5H3,(H,22,24)/b21-12+/t14-/m1/s1. The molecule has 1 atom stereocenters. The second-order valence-electron chi connectivity index (χ2n) is 7.42. The molecule has 0 bridgehead atoms. The highest BCUT2D eigenvalue weighted by atomic mass is 32.1. The summed E-state index contributed by atoms with van der Waals surface area (Å²) in [6.07, 6.45) is 2.86. The van der Waals surface area contributed by atoms with Gasteiger partial charge < -0.3 is 4.90 Å². The number of nitrogens with one attached hydrogen (secondary N) is 1. The first-order valence-corrected chi connectivity index (χ1v) is 9.43. The number of anilines is 1. The molecule has 0 spiro atoms. The minimum atomic E-state index is -0.170. The van der Waals surface area contributed by atoms with Crippen LogP contribution in [0.4, 0.5) is 5.69 Å². The van der Waals surface area contributed by atoms with Gasteiger partial charge in [0.1, 0.15) is 0 Å². The zero-order valence-corrected chi connectivity index (χ0v) is 16.3. The van der Waals surface area contributed by atoms with E-state index in [9.17, 15) is 4.79 Å². The molecule has 0 radical (unpaired) electrons. The van der Waals surface area contributed by atoms with Crippen molar-refractivity contribution in [2.75, 3.05) is 11.9 Å². The van der Waals surface area contributed by atoms with E-state index in [2.05, 4.69) is 62.3 Å². The van der Waals surface area contributed by atoms with Crippen LogP contribution in [0.3, 0.4) is 0 Å². The number of thiophene rings is 1. The molecular formula is C20H25N3OS. The molecule has 2 aromatic rings. The summed E-state index contributed by atoms with van der Waals surface area (Å²) >= 11 is 1.41. The van der Waals surface area contributed by atoms with E-state index in [1.807, 2.05) is 11.4 Å². The van der Waals surface area contributed by atoms with Crippen molar-refractivity contribution in [1.82, 2.24) is 5.43 Å². The van der Waals surface area contributed by atoms with E-state index in [0.717, 1.165) is 17.5 Å². The summed E-state index contributed by atoms with van der Waals surface area (Å²) in [6, 6.07) is 8.09. The molecule has 3 rings (SSSR count). The number of hydrazone groups is 1. The van der Waals surface area contributed by atoms with Gasteiger partial charge in [0.2, 0.25) is 0 Å². The third-order valence-electron chi connectivity index (χ3n) is 5.14. The van der Waals surface area contributed by atoms with Gasteiger partial charge in [-0.1, -0.05) is 13.0 Å². The smallest absolute Gasteiger partial charge is 0.281 e. The van der Waals surface area contributed by atoms with E-state index in [1.54, 1.807) is 12.3 Å². The van der Waals surface area contributed by atoms with Crippen molar-refractivity contribution in [2.45, 2.75) is 45.6 Å². The lowest BCUT2D eigenvalue weighted by Crippen LogP contribution is -2.45. The van der Waals surface area contributed by atoms with Crippen LogP contribution in [0.25, 0.3) is 0 Å². The van der Waals surface area contributed by atoms with Crippen LogP contribution in [0.2, 0.25) is 0 Å². The lowest BCUT2D eigenvalue weighted by molar-refractivity contribution is 0.0959. The summed E-state index contributed by atoms with van der Waals surface area (Å²) in [5.41, 5.74) is 7.60. The maximum absolute atomic E-state index is 12.0. The number of benzene rings is 1. The van der Waals surface area contributed by atoms with Crippen LogP contribution in [0.5, 0.6) is 0 Å². The molecule has 25 heavy (non-hydrogen) atoms.